The van der Waals surface area contributed by atoms with Crippen LogP contribution in [0.5, 0.6) is 0 Å². The molecule has 1 saturated heterocycles. The summed E-state index contributed by atoms with van der Waals surface area (Å²) in [5.74, 6) is -0.461. The van der Waals surface area contributed by atoms with Crippen molar-refractivity contribution in [3.8, 4) is 0 Å². The fourth-order valence-corrected chi connectivity index (χ4v) is 2.08. The SMILES string of the molecule is COC(=O)c1ccn(C2CCN(C(=O)O)CC2)n1. The highest BCUT2D eigenvalue weighted by Crippen LogP contribution is 2.21. The number of carbonyl (C=O) groups excluding carboxylic acids is 1. The van der Waals surface area contributed by atoms with Crippen LogP contribution in [-0.4, -0.2) is 52.0 Å². The van der Waals surface area contributed by atoms with E-state index in [1.165, 1.54) is 12.0 Å². The van der Waals surface area contributed by atoms with Crippen molar-refractivity contribution in [3.05, 3.63) is 18.0 Å². The zero-order chi connectivity index (χ0) is 13.1. The normalized spacial score (nSPS) is 16.6. The predicted molar refractivity (Wildman–Crippen MR) is 61.4 cm³/mol. The number of methoxy groups -OCH3 is 1. The number of ether oxygens (including phenoxy) is 1. The van der Waals surface area contributed by atoms with E-state index in [9.17, 15) is 9.59 Å². The summed E-state index contributed by atoms with van der Waals surface area (Å²) >= 11 is 0. The van der Waals surface area contributed by atoms with Crippen molar-refractivity contribution in [2.75, 3.05) is 20.2 Å². The number of esters is 1. The second kappa shape index (κ2) is 5.07. The lowest BCUT2D eigenvalue weighted by molar-refractivity contribution is 0.0592. The molecule has 1 N–H and O–H groups in total. The fraction of sp³-hybridized carbons (Fsp3) is 0.545. The molecule has 1 aliphatic heterocycles. The lowest BCUT2D eigenvalue weighted by Crippen LogP contribution is -2.38. The standard InChI is InChI=1S/C11H15N3O4/c1-18-10(15)9-4-7-14(12-9)8-2-5-13(6-3-8)11(16)17/h4,7-8H,2-3,5-6H2,1H3,(H,16,17). The average molecular weight is 253 g/mol. The van der Waals surface area contributed by atoms with Crippen LogP contribution in [0.25, 0.3) is 0 Å². The van der Waals surface area contributed by atoms with E-state index >= 15 is 0 Å². The molecule has 1 aromatic heterocycles. The number of rotatable bonds is 2. The summed E-state index contributed by atoms with van der Waals surface area (Å²) in [6.07, 6.45) is 2.25. The first-order valence-corrected chi connectivity index (χ1v) is 5.73. The number of carbonyl (C=O) groups is 2. The van der Waals surface area contributed by atoms with Crippen molar-refractivity contribution in [1.29, 1.82) is 0 Å². The second-order valence-corrected chi connectivity index (χ2v) is 4.17. The number of piperidine rings is 1. The van der Waals surface area contributed by atoms with Gasteiger partial charge >= 0.3 is 12.1 Å². The van der Waals surface area contributed by atoms with Crippen LogP contribution in [0, 0.1) is 0 Å². The molecule has 0 aromatic carbocycles. The molecule has 1 amide bonds. The Balaban J connectivity index is 1.99. The van der Waals surface area contributed by atoms with Gasteiger partial charge in [-0.25, -0.2) is 9.59 Å². The highest BCUT2D eigenvalue weighted by molar-refractivity contribution is 5.86. The third kappa shape index (κ3) is 2.44. The molecule has 1 aliphatic rings. The van der Waals surface area contributed by atoms with Gasteiger partial charge in [0.2, 0.25) is 0 Å². The highest BCUT2D eigenvalue weighted by Gasteiger charge is 2.24. The van der Waals surface area contributed by atoms with Crippen LogP contribution in [0.15, 0.2) is 12.3 Å². The Morgan fingerprint density at radius 3 is 2.67 bits per heavy atom. The van der Waals surface area contributed by atoms with E-state index < -0.39 is 12.1 Å². The lowest BCUT2D eigenvalue weighted by Gasteiger charge is -2.29. The first-order valence-electron chi connectivity index (χ1n) is 5.73. The molecule has 0 bridgehead atoms. The molecular weight excluding hydrogens is 238 g/mol. The molecule has 0 radical (unpaired) electrons. The smallest absolute Gasteiger partial charge is 0.407 e. The third-order valence-electron chi connectivity index (χ3n) is 3.11. The quantitative estimate of drug-likeness (QED) is 0.794. The number of amides is 1. The molecule has 1 fully saturated rings. The maximum Gasteiger partial charge on any atom is 0.407 e. The molecule has 2 heterocycles. The number of likely N-dealkylation sites (tertiary alicyclic amines) is 1. The molecule has 7 heteroatoms. The molecule has 0 aliphatic carbocycles. The molecule has 18 heavy (non-hydrogen) atoms. The van der Waals surface area contributed by atoms with Crippen LogP contribution in [0.2, 0.25) is 0 Å². The van der Waals surface area contributed by atoms with Gasteiger partial charge in [-0.1, -0.05) is 0 Å². The van der Waals surface area contributed by atoms with Gasteiger partial charge < -0.3 is 14.7 Å². The number of hydrogen-bond acceptors (Lipinski definition) is 4. The Bertz CT molecular complexity index is 449. The van der Waals surface area contributed by atoms with Crippen molar-refractivity contribution in [2.45, 2.75) is 18.9 Å². The van der Waals surface area contributed by atoms with E-state index in [1.54, 1.807) is 16.9 Å². The van der Waals surface area contributed by atoms with E-state index in [-0.39, 0.29) is 11.7 Å². The van der Waals surface area contributed by atoms with Crippen molar-refractivity contribution >= 4 is 12.1 Å². The second-order valence-electron chi connectivity index (χ2n) is 4.17. The number of nitrogens with zero attached hydrogens (tertiary/aromatic N) is 3. The third-order valence-corrected chi connectivity index (χ3v) is 3.11. The predicted octanol–water partition coefficient (Wildman–Crippen LogP) is 0.985. The molecule has 0 atom stereocenters. The molecule has 7 nitrogen and oxygen atoms in total. The maximum absolute atomic E-state index is 11.3. The number of carboxylic acid groups (broad SMARTS) is 1. The molecule has 98 valence electrons. The lowest BCUT2D eigenvalue weighted by atomic mass is 10.1. The van der Waals surface area contributed by atoms with Gasteiger partial charge in [-0.15, -0.1) is 0 Å². The highest BCUT2D eigenvalue weighted by atomic mass is 16.5. The summed E-state index contributed by atoms with van der Waals surface area (Å²) in [5.41, 5.74) is 0.276. The Morgan fingerprint density at radius 2 is 2.11 bits per heavy atom. The van der Waals surface area contributed by atoms with Crippen molar-refractivity contribution in [1.82, 2.24) is 14.7 Å². The Labute approximate surface area is 104 Å². The molecule has 0 spiro atoms. The minimum atomic E-state index is -0.885. The largest absolute Gasteiger partial charge is 0.465 e. The zero-order valence-corrected chi connectivity index (χ0v) is 10.1. The Morgan fingerprint density at radius 1 is 1.44 bits per heavy atom. The van der Waals surface area contributed by atoms with Crippen molar-refractivity contribution in [2.24, 2.45) is 0 Å². The maximum atomic E-state index is 11.3. The monoisotopic (exact) mass is 253 g/mol. The van der Waals surface area contributed by atoms with Crippen LogP contribution >= 0.6 is 0 Å². The van der Waals surface area contributed by atoms with Gasteiger partial charge in [-0.05, 0) is 18.9 Å². The van der Waals surface area contributed by atoms with Gasteiger partial charge in [0, 0.05) is 19.3 Å². The van der Waals surface area contributed by atoms with Gasteiger partial charge in [0.1, 0.15) is 0 Å². The van der Waals surface area contributed by atoms with Crippen LogP contribution in [0.1, 0.15) is 29.4 Å². The first kappa shape index (κ1) is 12.4. The summed E-state index contributed by atoms with van der Waals surface area (Å²) in [5, 5.41) is 13.0. The number of hydrogen-bond donors (Lipinski definition) is 1. The molecule has 1 aromatic rings. The summed E-state index contributed by atoms with van der Waals surface area (Å²) < 4.78 is 6.30. The first-order chi connectivity index (χ1) is 8.61. The van der Waals surface area contributed by atoms with E-state index in [0.717, 1.165) is 0 Å². The van der Waals surface area contributed by atoms with E-state index in [2.05, 4.69) is 9.84 Å². The van der Waals surface area contributed by atoms with Crippen molar-refractivity contribution in [3.63, 3.8) is 0 Å². The Hall–Kier alpha value is -2.05. The molecule has 2 rings (SSSR count). The Kier molecular flexibility index (Phi) is 3.50. The average Bonchev–Trinajstić information content (AvgIpc) is 2.87. The molecule has 0 unspecified atom stereocenters. The van der Waals surface area contributed by atoms with E-state index in [0.29, 0.717) is 25.9 Å². The van der Waals surface area contributed by atoms with Gasteiger partial charge in [0.15, 0.2) is 5.69 Å². The fourth-order valence-electron chi connectivity index (χ4n) is 2.08. The summed E-state index contributed by atoms with van der Waals surface area (Å²) in [4.78, 5) is 23.4. The van der Waals surface area contributed by atoms with E-state index in [4.69, 9.17) is 5.11 Å². The summed E-state index contributed by atoms with van der Waals surface area (Å²) in [7, 11) is 1.31. The topological polar surface area (TPSA) is 84.7 Å². The summed E-state index contributed by atoms with van der Waals surface area (Å²) in [6, 6.07) is 1.74. The van der Waals surface area contributed by atoms with Crippen molar-refractivity contribution < 1.29 is 19.4 Å². The minimum Gasteiger partial charge on any atom is -0.465 e. The molecular formula is C11H15N3O4. The van der Waals surface area contributed by atoms with Gasteiger partial charge in [0.05, 0.1) is 13.2 Å². The van der Waals surface area contributed by atoms with E-state index in [1.807, 2.05) is 0 Å². The van der Waals surface area contributed by atoms with Crippen LogP contribution in [-0.2, 0) is 4.74 Å². The summed E-state index contributed by atoms with van der Waals surface area (Å²) in [6.45, 7) is 0.987. The van der Waals surface area contributed by atoms with Crippen LogP contribution < -0.4 is 0 Å². The molecule has 0 saturated carbocycles. The van der Waals surface area contributed by atoms with Gasteiger partial charge in [-0.3, -0.25) is 4.68 Å². The zero-order valence-electron chi connectivity index (χ0n) is 10.1. The number of aromatic nitrogens is 2. The van der Waals surface area contributed by atoms with Crippen LogP contribution in [0.4, 0.5) is 4.79 Å². The minimum absolute atomic E-state index is 0.138. The van der Waals surface area contributed by atoms with Gasteiger partial charge in [0.25, 0.3) is 0 Å². The van der Waals surface area contributed by atoms with Crippen LogP contribution in [0.3, 0.4) is 0 Å². The van der Waals surface area contributed by atoms with Gasteiger partial charge in [-0.2, -0.15) is 5.10 Å².